The Morgan fingerprint density at radius 1 is 1.13 bits per heavy atom. The molecule has 1 saturated heterocycles. The number of aryl methyl sites for hydroxylation is 2. The van der Waals surface area contributed by atoms with Crippen LogP contribution in [0.1, 0.15) is 33.9 Å². The lowest BCUT2D eigenvalue weighted by atomic mass is 10.2. The molecule has 4 nitrogen and oxygen atoms in total. The lowest BCUT2D eigenvalue weighted by molar-refractivity contribution is 0.0797. The van der Waals surface area contributed by atoms with Crippen LogP contribution in [0.2, 0.25) is 0 Å². The zero-order valence-corrected chi connectivity index (χ0v) is 14.2. The largest absolute Gasteiger partial charge is 0.338 e. The molecule has 1 aliphatic heterocycles. The highest BCUT2D eigenvalue weighted by atomic mass is 32.1. The molecular weight excluding hydrogens is 306 g/mol. The van der Waals surface area contributed by atoms with E-state index >= 15 is 0 Å². The van der Waals surface area contributed by atoms with Crippen molar-refractivity contribution in [3.63, 3.8) is 0 Å². The highest BCUT2D eigenvalue weighted by molar-refractivity contribution is 7.21. The molecule has 0 bridgehead atoms. The van der Waals surface area contributed by atoms with E-state index in [0.29, 0.717) is 0 Å². The third-order valence-corrected chi connectivity index (χ3v) is 5.61. The van der Waals surface area contributed by atoms with Gasteiger partial charge < -0.3 is 9.47 Å². The number of amides is 1. The van der Waals surface area contributed by atoms with E-state index in [-0.39, 0.29) is 5.91 Å². The topological polar surface area (TPSA) is 38.1 Å². The number of likely N-dealkylation sites (tertiary alicyclic amines) is 1. The molecule has 0 atom stereocenters. The normalized spacial score (nSPS) is 14.8. The minimum atomic E-state index is 0.146. The van der Waals surface area contributed by atoms with E-state index in [4.69, 9.17) is 0 Å². The Bertz CT molecular complexity index is 867. The highest BCUT2D eigenvalue weighted by Gasteiger charge is 2.27. The molecule has 4 rings (SSSR count). The minimum absolute atomic E-state index is 0.146. The molecule has 1 aliphatic rings. The van der Waals surface area contributed by atoms with E-state index in [0.717, 1.165) is 58.1 Å². The number of hydrogen-bond donors (Lipinski definition) is 0. The maximum Gasteiger partial charge on any atom is 0.266 e. The van der Waals surface area contributed by atoms with Gasteiger partial charge >= 0.3 is 0 Å². The van der Waals surface area contributed by atoms with Crippen LogP contribution in [0.5, 0.6) is 0 Å². The van der Waals surface area contributed by atoms with Crippen molar-refractivity contribution in [3.8, 4) is 5.69 Å². The highest BCUT2D eigenvalue weighted by Crippen LogP contribution is 2.36. The summed E-state index contributed by atoms with van der Waals surface area (Å²) in [7, 11) is 0. The molecule has 0 unspecified atom stereocenters. The van der Waals surface area contributed by atoms with Gasteiger partial charge in [-0.15, -0.1) is 11.3 Å². The monoisotopic (exact) mass is 325 g/mol. The summed E-state index contributed by atoms with van der Waals surface area (Å²) in [4.78, 5) is 21.2. The molecule has 5 heteroatoms. The second kappa shape index (κ2) is 5.49. The first kappa shape index (κ1) is 14.5. The molecule has 0 aliphatic carbocycles. The van der Waals surface area contributed by atoms with Crippen LogP contribution in [0.25, 0.3) is 15.9 Å². The average Bonchev–Trinajstić information content (AvgIpc) is 3.26. The Labute approximate surface area is 139 Å². The Kier molecular flexibility index (Phi) is 3.45. The molecule has 23 heavy (non-hydrogen) atoms. The predicted octanol–water partition coefficient (Wildman–Crippen LogP) is 3.94. The fourth-order valence-corrected chi connectivity index (χ4v) is 4.47. The fraction of sp³-hybridized carbons (Fsp3) is 0.333. The number of pyridine rings is 1. The lowest BCUT2D eigenvalue weighted by Crippen LogP contribution is -2.27. The Morgan fingerprint density at radius 3 is 2.52 bits per heavy atom. The summed E-state index contributed by atoms with van der Waals surface area (Å²) in [6.07, 6.45) is 4.00. The van der Waals surface area contributed by atoms with Gasteiger partial charge in [-0.25, -0.2) is 4.98 Å². The molecule has 1 fully saturated rings. The second-order valence-electron chi connectivity index (χ2n) is 6.09. The molecule has 4 heterocycles. The summed E-state index contributed by atoms with van der Waals surface area (Å²) in [6.45, 7) is 5.89. The fourth-order valence-electron chi connectivity index (χ4n) is 3.37. The summed E-state index contributed by atoms with van der Waals surface area (Å²) in [5.74, 6) is 0.146. The summed E-state index contributed by atoms with van der Waals surface area (Å²) in [5, 5.41) is 1.06. The third-order valence-electron chi connectivity index (χ3n) is 4.52. The van der Waals surface area contributed by atoms with Crippen molar-refractivity contribution >= 4 is 27.5 Å². The van der Waals surface area contributed by atoms with Crippen LogP contribution < -0.4 is 0 Å². The van der Waals surface area contributed by atoms with Gasteiger partial charge in [0.25, 0.3) is 5.91 Å². The summed E-state index contributed by atoms with van der Waals surface area (Å²) in [5.41, 5.74) is 3.28. The van der Waals surface area contributed by atoms with E-state index in [9.17, 15) is 4.79 Å². The summed E-state index contributed by atoms with van der Waals surface area (Å²) in [6, 6.07) is 8.20. The molecule has 3 aromatic heterocycles. The second-order valence-corrected chi connectivity index (χ2v) is 7.09. The number of thiophene rings is 1. The molecule has 3 aromatic rings. The number of nitrogens with zero attached hydrogens (tertiary/aromatic N) is 3. The SMILES string of the molecule is Cc1ccc(C)n1-c1c(C(=O)N2CCCC2)sc2ncccc12. The van der Waals surface area contributed by atoms with Crippen LogP contribution in [0, 0.1) is 13.8 Å². The van der Waals surface area contributed by atoms with Gasteiger partial charge in [0.15, 0.2) is 0 Å². The zero-order chi connectivity index (χ0) is 16.0. The number of hydrogen-bond acceptors (Lipinski definition) is 3. The van der Waals surface area contributed by atoms with Crippen LogP contribution in [0.4, 0.5) is 0 Å². The summed E-state index contributed by atoms with van der Waals surface area (Å²) < 4.78 is 2.18. The van der Waals surface area contributed by atoms with Gasteiger partial charge in [0.1, 0.15) is 9.71 Å². The lowest BCUT2D eigenvalue weighted by Gasteiger charge is -2.17. The van der Waals surface area contributed by atoms with Gasteiger partial charge in [-0.1, -0.05) is 0 Å². The quantitative estimate of drug-likeness (QED) is 0.716. The van der Waals surface area contributed by atoms with Crippen LogP contribution in [0.3, 0.4) is 0 Å². The number of fused-ring (bicyclic) bond motifs is 1. The van der Waals surface area contributed by atoms with Crippen LogP contribution in [-0.2, 0) is 0 Å². The van der Waals surface area contributed by atoms with E-state index in [2.05, 4.69) is 41.6 Å². The number of rotatable bonds is 2. The summed E-state index contributed by atoms with van der Waals surface area (Å²) >= 11 is 1.51. The van der Waals surface area contributed by atoms with E-state index < -0.39 is 0 Å². The van der Waals surface area contributed by atoms with Crippen molar-refractivity contribution in [2.45, 2.75) is 26.7 Å². The molecule has 0 spiro atoms. The maximum absolute atomic E-state index is 13.1. The van der Waals surface area contributed by atoms with Crippen LogP contribution >= 0.6 is 11.3 Å². The maximum atomic E-state index is 13.1. The molecular formula is C18H19N3OS. The Balaban J connectivity index is 1.97. The molecule has 0 N–H and O–H groups in total. The molecule has 118 valence electrons. The third kappa shape index (κ3) is 2.27. The number of carbonyl (C=O) groups is 1. The number of aromatic nitrogens is 2. The average molecular weight is 325 g/mol. The van der Waals surface area contributed by atoms with Gasteiger partial charge in [0.05, 0.1) is 5.69 Å². The van der Waals surface area contributed by atoms with Crippen molar-refractivity contribution in [2.75, 3.05) is 13.1 Å². The van der Waals surface area contributed by atoms with Gasteiger partial charge in [-0.2, -0.15) is 0 Å². The van der Waals surface area contributed by atoms with Crippen molar-refractivity contribution < 1.29 is 4.79 Å². The molecule has 0 aromatic carbocycles. The first-order valence-electron chi connectivity index (χ1n) is 7.99. The molecule has 1 amide bonds. The van der Waals surface area contributed by atoms with Crippen molar-refractivity contribution in [3.05, 3.63) is 46.7 Å². The predicted molar refractivity (Wildman–Crippen MR) is 93.6 cm³/mol. The standard InChI is InChI=1S/C18H19N3OS/c1-12-7-8-13(2)21(12)15-14-6-5-9-19-17(14)23-16(15)18(22)20-10-3-4-11-20/h5-9H,3-4,10-11H2,1-2H3. The first-order chi connectivity index (χ1) is 11.2. The van der Waals surface area contributed by atoms with E-state index in [1.165, 1.54) is 11.3 Å². The zero-order valence-electron chi connectivity index (χ0n) is 13.4. The molecule has 0 saturated carbocycles. The van der Waals surface area contributed by atoms with Crippen molar-refractivity contribution in [1.82, 2.24) is 14.5 Å². The van der Waals surface area contributed by atoms with Gasteiger partial charge in [-0.05, 0) is 51.0 Å². The first-order valence-corrected chi connectivity index (χ1v) is 8.80. The van der Waals surface area contributed by atoms with Crippen molar-refractivity contribution in [1.29, 1.82) is 0 Å². The smallest absolute Gasteiger partial charge is 0.266 e. The van der Waals surface area contributed by atoms with Gasteiger partial charge in [0.2, 0.25) is 0 Å². The number of carbonyl (C=O) groups excluding carboxylic acids is 1. The van der Waals surface area contributed by atoms with Gasteiger partial charge in [0, 0.05) is 36.1 Å². The van der Waals surface area contributed by atoms with Gasteiger partial charge in [-0.3, -0.25) is 4.79 Å². The van der Waals surface area contributed by atoms with Crippen LogP contribution in [0.15, 0.2) is 30.5 Å². The van der Waals surface area contributed by atoms with E-state index in [1.54, 1.807) is 6.20 Å². The molecule has 0 radical (unpaired) electrons. The minimum Gasteiger partial charge on any atom is -0.338 e. The van der Waals surface area contributed by atoms with Crippen LogP contribution in [-0.4, -0.2) is 33.4 Å². The van der Waals surface area contributed by atoms with E-state index in [1.807, 2.05) is 11.0 Å². The van der Waals surface area contributed by atoms with Crippen molar-refractivity contribution in [2.24, 2.45) is 0 Å². The Morgan fingerprint density at radius 2 is 1.83 bits per heavy atom. The Hall–Kier alpha value is -2.14.